The molecule has 7 heteroatoms. The summed E-state index contributed by atoms with van der Waals surface area (Å²) in [6.45, 7) is 3.34. The predicted molar refractivity (Wildman–Crippen MR) is 139 cm³/mol. The molecule has 0 saturated heterocycles. The number of nitrogens with two attached hydrogens (primary N) is 1. The van der Waals surface area contributed by atoms with Gasteiger partial charge in [0.25, 0.3) is 0 Å². The van der Waals surface area contributed by atoms with Crippen LogP contribution >= 0.6 is 11.6 Å². The SMILES string of the molecule is CCCCCCCCCCCCNC(=O)C(N)CCCCNC(=O)O.ClCc1ccccc1. The highest BCUT2D eigenvalue weighted by molar-refractivity contribution is 6.17. The monoisotopic (exact) mass is 483 g/mol. The molecular formula is C26H46ClN3O3. The maximum atomic E-state index is 11.8. The molecule has 0 heterocycles. The molecule has 0 aliphatic heterocycles. The van der Waals surface area contributed by atoms with Crippen molar-refractivity contribution in [2.24, 2.45) is 5.73 Å². The van der Waals surface area contributed by atoms with Gasteiger partial charge in [-0.05, 0) is 31.2 Å². The van der Waals surface area contributed by atoms with E-state index in [-0.39, 0.29) is 5.91 Å². The summed E-state index contributed by atoms with van der Waals surface area (Å²) in [4.78, 5) is 22.1. The quantitative estimate of drug-likeness (QED) is 0.147. The highest BCUT2D eigenvalue weighted by Crippen LogP contribution is 2.10. The van der Waals surface area contributed by atoms with Crippen molar-refractivity contribution in [3.05, 3.63) is 35.9 Å². The number of alkyl halides is 1. The van der Waals surface area contributed by atoms with Crippen LogP contribution in [-0.2, 0) is 10.7 Å². The lowest BCUT2D eigenvalue weighted by atomic mass is 10.1. The Morgan fingerprint density at radius 2 is 1.36 bits per heavy atom. The van der Waals surface area contributed by atoms with Crippen LogP contribution in [-0.4, -0.2) is 36.2 Å². The second-order valence-corrected chi connectivity index (χ2v) is 8.69. The van der Waals surface area contributed by atoms with Crippen LogP contribution in [0.4, 0.5) is 4.79 Å². The van der Waals surface area contributed by atoms with E-state index in [0.29, 0.717) is 31.8 Å². The van der Waals surface area contributed by atoms with Gasteiger partial charge in [0.1, 0.15) is 0 Å². The lowest BCUT2D eigenvalue weighted by Gasteiger charge is -2.12. The number of rotatable bonds is 18. The van der Waals surface area contributed by atoms with Crippen molar-refractivity contribution >= 4 is 23.6 Å². The van der Waals surface area contributed by atoms with E-state index in [0.717, 1.165) is 19.3 Å². The summed E-state index contributed by atoms with van der Waals surface area (Å²) in [5.41, 5.74) is 7.02. The fraction of sp³-hybridized carbons (Fsp3) is 0.692. The number of unbranched alkanes of at least 4 members (excludes halogenated alkanes) is 10. The zero-order valence-corrected chi connectivity index (χ0v) is 21.3. The van der Waals surface area contributed by atoms with Gasteiger partial charge in [0, 0.05) is 19.0 Å². The Morgan fingerprint density at radius 3 is 1.88 bits per heavy atom. The van der Waals surface area contributed by atoms with Gasteiger partial charge in [-0.15, -0.1) is 11.6 Å². The largest absolute Gasteiger partial charge is 0.465 e. The molecule has 1 unspecified atom stereocenters. The predicted octanol–water partition coefficient (Wildman–Crippen LogP) is 6.21. The van der Waals surface area contributed by atoms with Crippen molar-refractivity contribution < 1.29 is 14.7 Å². The van der Waals surface area contributed by atoms with Gasteiger partial charge in [-0.25, -0.2) is 4.79 Å². The van der Waals surface area contributed by atoms with Crippen LogP contribution in [0.3, 0.4) is 0 Å². The van der Waals surface area contributed by atoms with Crippen LogP contribution in [0, 0.1) is 0 Å². The lowest BCUT2D eigenvalue weighted by Crippen LogP contribution is -2.41. The molecule has 0 fully saturated rings. The summed E-state index contributed by atoms with van der Waals surface area (Å²) in [6.07, 6.45) is 13.8. The van der Waals surface area contributed by atoms with Gasteiger partial charge in [-0.1, -0.05) is 95.0 Å². The number of carbonyl (C=O) groups excluding carboxylic acids is 1. The number of nitrogens with one attached hydrogen (secondary N) is 2. The Balaban J connectivity index is 0.00000106. The molecule has 0 spiro atoms. The molecular weight excluding hydrogens is 438 g/mol. The summed E-state index contributed by atoms with van der Waals surface area (Å²) in [6, 6.07) is 9.47. The van der Waals surface area contributed by atoms with E-state index >= 15 is 0 Å². The molecule has 0 aliphatic carbocycles. The minimum absolute atomic E-state index is 0.0953. The Morgan fingerprint density at radius 1 is 0.848 bits per heavy atom. The van der Waals surface area contributed by atoms with Crippen LogP contribution in [0.25, 0.3) is 0 Å². The summed E-state index contributed by atoms with van der Waals surface area (Å²) >= 11 is 5.53. The van der Waals surface area contributed by atoms with Gasteiger partial charge < -0.3 is 21.5 Å². The lowest BCUT2D eigenvalue weighted by molar-refractivity contribution is -0.122. The minimum Gasteiger partial charge on any atom is -0.465 e. The average molecular weight is 484 g/mol. The summed E-state index contributed by atoms with van der Waals surface area (Å²) in [5.74, 6) is 0.517. The molecule has 1 aromatic rings. The number of amides is 2. The smallest absolute Gasteiger partial charge is 0.404 e. The van der Waals surface area contributed by atoms with Gasteiger partial charge in [0.2, 0.25) is 5.91 Å². The second-order valence-electron chi connectivity index (χ2n) is 8.43. The van der Waals surface area contributed by atoms with Crippen molar-refractivity contribution in [2.75, 3.05) is 13.1 Å². The molecule has 1 rings (SSSR count). The van der Waals surface area contributed by atoms with Crippen molar-refractivity contribution in [3.63, 3.8) is 0 Å². The van der Waals surface area contributed by atoms with Gasteiger partial charge in [-0.2, -0.15) is 0 Å². The number of hydrogen-bond acceptors (Lipinski definition) is 3. The minimum atomic E-state index is -1.02. The third-order valence-corrected chi connectivity index (χ3v) is 5.69. The Labute approximate surface area is 206 Å². The van der Waals surface area contributed by atoms with E-state index in [2.05, 4.69) is 17.6 Å². The van der Waals surface area contributed by atoms with Crippen LogP contribution in [0.15, 0.2) is 30.3 Å². The summed E-state index contributed by atoms with van der Waals surface area (Å²) < 4.78 is 0. The van der Waals surface area contributed by atoms with E-state index in [1.54, 1.807) is 0 Å². The maximum absolute atomic E-state index is 11.8. The van der Waals surface area contributed by atoms with Gasteiger partial charge in [-0.3, -0.25) is 4.79 Å². The second kappa shape index (κ2) is 23.4. The van der Waals surface area contributed by atoms with Gasteiger partial charge in [0.05, 0.1) is 6.04 Å². The third-order valence-electron chi connectivity index (χ3n) is 5.38. The molecule has 2 amide bonds. The number of benzene rings is 1. The van der Waals surface area contributed by atoms with Crippen LogP contribution in [0.5, 0.6) is 0 Å². The molecule has 0 aromatic heterocycles. The highest BCUT2D eigenvalue weighted by atomic mass is 35.5. The zero-order valence-electron chi connectivity index (χ0n) is 20.5. The zero-order chi connectivity index (χ0) is 24.6. The first-order valence-electron chi connectivity index (χ1n) is 12.6. The maximum Gasteiger partial charge on any atom is 0.404 e. The first-order chi connectivity index (χ1) is 16.0. The van der Waals surface area contributed by atoms with E-state index in [9.17, 15) is 9.59 Å². The molecule has 190 valence electrons. The molecule has 5 N–H and O–H groups in total. The van der Waals surface area contributed by atoms with Crippen molar-refractivity contribution in [2.45, 2.75) is 102 Å². The van der Waals surface area contributed by atoms with Crippen LogP contribution in [0.1, 0.15) is 96.0 Å². The van der Waals surface area contributed by atoms with Crippen LogP contribution in [0.2, 0.25) is 0 Å². The Kier molecular flexibility index (Phi) is 22.1. The summed E-state index contributed by atoms with van der Waals surface area (Å²) in [7, 11) is 0. The van der Waals surface area contributed by atoms with E-state index in [1.807, 2.05) is 30.3 Å². The van der Waals surface area contributed by atoms with Crippen molar-refractivity contribution in [1.29, 1.82) is 0 Å². The van der Waals surface area contributed by atoms with E-state index in [4.69, 9.17) is 22.4 Å². The molecule has 0 radical (unpaired) electrons. The molecule has 6 nitrogen and oxygen atoms in total. The number of carbonyl (C=O) groups is 2. The van der Waals surface area contributed by atoms with Crippen LogP contribution < -0.4 is 16.4 Å². The highest BCUT2D eigenvalue weighted by Gasteiger charge is 2.11. The standard InChI is InChI=1S/C19H39N3O3.C7H7Cl/c1-2-3-4-5-6-7-8-9-10-12-15-21-18(23)17(20)14-11-13-16-22-19(24)25;8-6-7-4-2-1-3-5-7/h17,22H,2-16,20H2,1H3,(H,21,23)(H,24,25);1-5H,6H2. The fourth-order valence-corrected chi connectivity index (χ4v) is 3.52. The van der Waals surface area contributed by atoms with E-state index in [1.165, 1.54) is 56.9 Å². The van der Waals surface area contributed by atoms with Gasteiger partial charge in [0.15, 0.2) is 0 Å². The first kappa shape index (κ1) is 31.2. The Hall–Kier alpha value is -1.79. The third kappa shape index (κ3) is 21.8. The fourth-order valence-electron chi connectivity index (χ4n) is 3.34. The van der Waals surface area contributed by atoms with Crippen molar-refractivity contribution in [3.8, 4) is 0 Å². The van der Waals surface area contributed by atoms with Crippen molar-refractivity contribution in [1.82, 2.24) is 10.6 Å². The topological polar surface area (TPSA) is 104 Å². The molecule has 1 aromatic carbocycles. The number of halogens is 1. The van der Waals surface area contributed by atoms with E-state index < -0.39 is 12.1 Å². The molecule has 0 saturated carbocycles. The Bertz CT molecular complexity index is 587. The summed E-state index contributed by atoms with van der Waals surface area (Å²) in [5, 5.41) is 13.6. The molecule has 33 heavy (non-hydrogen) atoms. The normalized spacial score (nSPS) is 11.2. The molecule has 0 bridgehead atoms. The molecule has 1 atom stereocenters. The first-order valence-corrected chi connectivity index (χ1v) is 13.1. The average Bonchev–Trinajstić information content (AvgIpc) is 2.82. The number of hydrogen-bond donors (Lipinski definition) is 4. The number of carboxylic acid groups (broad SMARTS) is 1. The van der Waals surface area contributed by atoms with Gasteiger partial charge >= 0.3 is 6.09 Å². The molecule has 0 aliphatic rings.